The molecule has 22 heavy (non-hydrogen) atoms. The number of hydrogen-bond donors (Lipinski definition) is 3. The molecule has 1 fully saturated rings. The monoisotopic (exact) mass is 322 g/mol. The second-order valence-corrected chi connectivity index (χ2v) is 6.42. The summed E-state index contributed by atoms with van der Waals surface area (Å²) in [6.07, 6.45) is 5.94. The second-order valence-electron chi connectivity index (χ2n) is 5.47. The van der Waals surface area contributed by atoms with Crippen molar-refractivity contribution in [1.82, 2.24) is 16.0 Å². The summed E-state index contributed by atoms with van der Waals surface area (Å²) in [4.78, 5) is 17.1. The van der Waals surface area contributed by atoms with Gasteiger partial charge in [0, 0.05) is 25.7 Å². The van der Waals surface area contributed by atoms with Gasteiger partial charge in [-0.15, -0.1) is 11.3 Å². The molecule has 122 valence electrons. The Kier molecular flexibility index (Phi) is 7.22. The molecular formula is C16H26N4OS. The van der Waals surface area contributed by atoms with E-state index < -0.39 is 0 Å². The van der Waals surface area contributed by atoms with E-state index in [-0.39, 0.29) is 5.91 Å². The van der Waals surface area contributed by atoms with Crippen LogP contribution in [0.3, 0.4) is 0 Å². The molecule has 0 bridgehead atoms. The van der Waals surface area contributed by atoms with E-state index in [9.17, 15) is 4.79 Å². The second kappa shape index (κ2) is 9.46. The molecular weight excluding hydrogens is 296 g/mol. The zero-order valence-corrected chi connectivity index (χ0v) is 14.0. The molecule has 0 saturated heterocycles. The highest BCUT2D eigenvalue weighted by Gasteiger charge is 2.15. The normalized spacial score (nSPS) is 15.8. The molecule has 0 radical (unpaired) electrons. The molecule has 3 N–H and O–H groups in total. The van der Waals surface area contributed by atoms with E-state index in [4.69, 9.17) is 0 Å². The molecule has 1 amide bonds. The molecule has 0 aliphatic heterocycles. The number of guanidine groups is 1. The number of carbonyl (C=O) groups excluding carboxylic acids is 1. The van der Waals surface area contributed by atoms with Crippen LogP contribution in [0, 0.1) is 0 Å². The lowest BCUT2D eigenvalue weighted by atomic mass is 10.2. The fourth-order valence-electron chi connectivity index (χ4n) is 2.55. The smallest absolute Gasteiger partial charge is 0.261 e. The third kappa shape index (κ3) is 5.67. The maximum atomic E-state index is 11.8. The summed E-state index contributed by atoms with van der Waals surface area (Å²) in [5, 5.41) is 11.6. The van der Waals surface area contributed by atoms with Crippen molar-refractivity contribution in [1.29, 1.82) is 0 Å². The molecule has 6 heteroatoms. The van der Waals surface area contributed by atoms with E-state index in [1.807, 2.05) is 17.5 Å². The topological polar surface area (TPSA) is 65.5 Å². The van der Waals surface area contributed by atoms with Gasteiger partial charge in [-0.3, -0.25) is 9.79 Å². The highest BCUT2D eigenvalue weighted by atomic mass is 32.1. The van der Waals surface area contributed by atoms with Gasteiger partial charge in [-0.25, -0.2) is 0 Å². The number of hydrogen-bond acceptors (Lipinski definition) is 3. The van der Waals surface area contributed by atoms with Crippen molar-refractivity contribution in [2.45, 2.75) is 45.1 Å². The largest absolute Gasteiger partial charge is 0.357 e. The number of carbonyl (C=O) groups is 1. The number of nitrogens with one attached hydrogen (secondary N) is 3. The summed E-state index contributed by atoms with van der Waals surface area (Å²) in [6.45, 7) is 4.32. The van der Waals surface area contributed by atoms with Crippen LogP contribution in [0.25, 0.3) is 0 Å². The zero-order valence-electron chi connectivity index (χ0n) is 13.2. The fraction of sp³-hybridized carbons (Fsp3) is 0.625. The molecule has 2 rings (SSSR count). The van der Waals surface area contributed by atoms with E-state index in [0.29, 0.717) is 19.1 Å². The first-order valence-electron chi connectivity index (χ1n) is 8.16. The van der Waals surface area contributed by atoms with Crippen LogP contribution in [-0.4, -0.2) is 37.5 Å². The standard InChI is InChI=1S/C16H26N4OS/c1-2-17-16(20-13-7-3-4-8-13)19-11-6-10-18-15(21)14-9-5-12-22-14/h5,9,12-13H,2-4,6-8,10-11H2,1H3,(H,18,21)(H2,17,19,20). The Labute approximate surface area is 136 Å². The van der Waals surface area contributed by atoms with Crippen LogP contribution in [-0.2, 0) is 0 Å². The van der Waals surface area contributed by atoms with E-state index in [0.717, 1.165) is 23.8 Å². The number of nitrogens with zero attached hydrogens (tertiary/aromatic N) is 1. The van der Waals surface area contributed by atoms with Crippen molar-refractivity contribution in [3.05, 3.63) is 22.4 Å². The van der Waals surface area contributed by atoms with Crippen molar-refractivity contribution in [2.75, 3.05) is 19.6 Å². The first-order valence-corrected chi connectivity index (χ1v) is 9.04. The van der Waals surface area contributed by atoms with Gasteiger partial charge in [-0.2, -0.15) is 0 Å². The Balaban J connectivity index is 1.66. The summed E-state index contributed by atoms with van der Waals surface area (Å²) in [6, 6.07) is 4.30. The molecule has 0 aromatic carbocycles. The fourth-order valence-corrected chi connectivity index (χ4v) is 3.19. The van der Waals surface area contributed by atoms with Gasteiger partial charge >= 0.3 is 0 Å². The van der Waals surface area contributed by atoms with Crippen molar-refractivity contribution < 1.29 is 4.79 Å². The van der Waals surface area contributed by atoms with E-state index in [1.54, 1.807) is 0 Å². The number of thiophene rings is 1. The molecule has 5 nitrogen and oxygen atoms in total. The summed E-state index contributed by atoms with van der Waals surface area (Å²) in [7, 11) is 0. The van der Waals surface area contributed by atoms with Crippen molar-refractivity contribution in [3.8, 4) is 0 Å². The Hall–Kier alpha value is -1.56. The quantitative estimate of drug-likeness (QED) is 0.410. The lowest BCUT2D eigenvalue weighted by molar-refractivity contribution is 0.0957. The number of amides is 1. The predicted molar refractivity (Wildman–Crippen MR) is 92.6 cm³/mol. The minimum atomic E-state index is 0.00923. The van der Waals surface area contributed by atoms with Crippen LogP contribution in [0.5, 0.6) is 0 Å². The highest BCUT2D eigenvalue weighted by Crippen LogP contribution is 2.17. The van der Waals surface area contributed by atoms with Gasteiger partial charge in [0.05, 0.1) is 4.88 Å². The lowest BCUT2D eigenvalue weighted by Crippen LogP contribution is -2.42. The summed E-state index contributed by atoms with van der Waals surface area (Å²) < 4.78 is 0. The third-order valence-corrected chi connectivity index (χ3v) is 4.54. The van der Waals surface area contributed by atoms with Gasteiger partial charge in [0.25, 0.3) is 5.91 Å². The van der Waals surface area contributed by atoms with E-state index >= 15 is 0 Å². The average molecular weight is 322 g/mol. The maximum absolute atomic E-state index is 11.8. The van der Waals surface area contributed by atoms with Gasteiger partial charge < -0.3 is 16.0 Å². The molecule has 1 aromatic heterocycles. The minimum Gasteiger partial charge on any atom is -0.357 e. The summed E-state index contributed by atoms with van der Waals surface area (Å²) in [5.74, 6) is 0.911. The minimum absolute atomic E-state index is 0.00923. The molecule has 1 aliphatic carbocycles. The molecule has 0 unspecified atom stereocenters. The van der Waals surface area contributed by atoms with Gasteiger partial charge in [0.15, 0.2) is 5.96 Å². The van der Waals surface area contributed by atoms with E-state index in [2.05, 4.69) is 27.9 Å². The van der Waals surface area contributed by atoms with Crippen LogP contribution in [0.15, 0.2) is 22.5 Å². The SMILES string of the molecule is CCNC(=NCCCNC(=O)c1cccs1)NC1CCCC1. The number of aliphatic imine (C=N–C) groups is 1. The Bertz CT molecular complexity index is 467. The first-order chi connectivity index (χ1) is 10.8. The molecule has 1 heterocycles. The highest BCUT2D eigenvalue weighted by molar-refractivity contribution is 7.12. The molecule has 1 aromatic rings. The van der Waals surface area contributed by atoms with Crippen LogP contribution in [0.2, 0.25) is 0 Å². The van der Waals surface area contributed by atoms with Gasteiger partial charge in [0.2, 0.25) is 0 Å². The number of rotatable bonds is 7. The summed E-state index contributed by atoms with van der Waals surface area (Å²) in [5.41, 5.74) is 0. The molecule has 1 saturated carbocycles. The lowest BCUT2D eigenvalue weighted by Gasteiger charge is -2.16. The van der Waals surface area contributed by atoms with E-state index in [1.165, 1.54) is 37.0 Å². The summed E-state index contributed by atoms with van der Waals surface area (Å²) >= 11 is 1.46. The van der Waals surface area contributed by atoms with Crippen LogP contribution < -0.4 is 16.0 Å². The Morgan fingerprint density at radius 1 is 1.36 bits per heavy atom. The van der Waals surface area contributed by atoms with Gasteiger partial charge in [0.1, 0.15) is 0 Å². The Morgan fingerprint density at radius 2 is 2.18 bits per heavy atom. The van der Waals surface area contributed by atoms with Crippen molar-refractivity contribution >= 4 is 23.2 Å². The van der Waals surface area contributed by atoms with Crippen molar-refractivity contribution in [2.24, 2.45) is 4.99 Å². The van der Waals surface area contributed by atoms with Crippen LogP contribution >= 0.6 is 11.3 Å². The van der Waals surface area contributed by atoms with Gasteiger partial charge in [-0.1, -0.05) is 18.9 Å². The van der Waals surface area contributed by atoms with Crippen LogP contribution in [0.1, 0.15) is 48.7 Å². The van der Waals surface area contributed by atoms with Gasteiger partial charge in [-0.05, 0) is 37.6 Å². The predicted octanol–water partition coefficient (Wildman–Crippen LogP) is 2.37. The molecule has 0 spiro atoms. The maximum Gasteiger partial charge on any atom is 0.261 e. The third-order valence-electron chi connectivity index (χ3n) is 3.68. The zero-order chi connectivity index (χ0) is 15.6. The Morgan fingerprint density at radius 3 is 2.86 bits per heavy atom. The molecule has 1 aliphatic rings. The van der Waals surface area contributed by atoms with Crippen molar-refractivity contribution in [3.63, 3.8) is 0 Å². The average Bonchev–Trinajstić information content (AvgIpc) is 3.20. The first kappa shape index (κ1) is 16.8. The molecule has 0 atom stereocenters. The van der Waals surface area contributed by atoms with Crippen LogP contribution in [0.4, 0.5) is 0 Å².